The summed E-state index contributed by atoms with van der Waals surface area (Å²) in [7, 11) is -3.57. The Morgan fingerprint density at radius 2 is 1.81 bits per heavy atom. The number of nitrogens with zero attached hydrogens (tertiary/aromatic N) is 1. The zero-order valence-corrected chi connectivity index (χ0v) is 19.4. The Labute approximate surface area is 193 Å². The molecule has 1 aliphatic rings. The van der Waals surface area contributed by atoms with Gasteiger partial charge in [0.2, 0.25) is 10.0 Å². The standard InChI is InChI=1S/C22H27ClN4O4S/c1-16-8-10-18(11-9-16)32(30,31)24-13-17-5-4-12-27(14-17)15-21(28)25-26-22(29)19-6-2-3-7-20(19)23/h2-3,6-11,17,24H,4-5,12-15H2,1H3,(H,25,28)(H,26,29). The summed E-state index contributed by atoms with van der Waals surface area (Å²) in [4.78, 5) is 26.6. The third-order valence-electron chi connectivity index (χ3n) is 5.30. The molecule has 32 heavy (non-hydrogen) atoms. The largest absolute Gasteiger partial charge is 0.294 e. The van der Waals surface area contributed by atoms with Crippen molar-refractivity contribution in [2.75, 3.05) is 26.2 Å². The van der Waals surface area contributed by atoms with Crippen LogP contribution in [0.25, 0.3) is 0 Å². The number of benzene rings is 2. The molecule has 1 fully saturated rings. The van der Waals surface area contributed by atoms with Crippen LogP contribution in [0.3, 0.4) is 0 Å². The number of sulfonamides is 1. The summed E-state index contributed by atoms with van der Waals surface area (Å²) in [5.41, 5.74) is 6.03. The molecule has 10 heteroatoms. The molecule has 2 aromatic rings. The minimum absolute atomic E-state index is 0.0921. The number of aryl methyl sites for hydroxylation is 1. The van der Waals surface area contributed by atoms with Crippen molar-refractivity contribution in [1.29, 1.82) is 0 Å². The van der Waals surface area contributed by atoms with Crippen LogP contribution in [0.4, 0.5) is 0 Å². The molecule has 1 heterocycles. The second-order valence-corrected chi connectivity index (χ2v) is 10.1. The second kappa shape index (κ2) is 10.9. The van der Waals surface area contributed by atoms with E-state index in [9.17, 15) is 18.0 Å². The predicted molar refractivity (Wildman–Crippen MR) is 123 cm³/mol. The van der Waals surface area contributed by atoms with E-state index in [-0.39, 0.29) is 28.8 Å². The van der Waals surface area contributed by atoms with Gasteiger partial charge in [0, 0.05) is 13.1 Å². The average molecular weight is 479 g/mol. The van der Waals surface area contributed by atoms with Crippen molar-refractivity contribution in [3.05, 3.63) is 64.7 Å². The Hall–Kier alpha value is -2.46. The second-order valence-electron chi connectivity index (χ2n) is 7.89. The highest BCUT2D eigenvalue weighted by molar-refractivity contribution is 7.89. The molecule has 0 saturated carbocycles. The molecule has 0 radical (unpaired) electrons. The van der Waals surface area contributed by atoms with Gasteiger partial charge >= 0.3 is 0 Å². The number of piperidine rings is 1. The number of hydrazine groups is 1. The summed E-state index contributed by atoms with van der Waals surface area (Å²) < 4.78 is 27.7. The van der Waals surface area contributed by atoms with Crippen molar-refractivity contribution in [1.82, 2.24) is 20.5 Å². The normalized spacial score (nSPS) is 17.0. The third kappa shape index (κ3) is 6.77. The molecule has 1 saturated heterocycles. The molecule has 8 nitrogen and oxygen atoms in total. The Bertz CT molecular complexity index is 1060. The van der Waals surface area contributed by atoms with Crippen molar-refractivity contribution < 1.29 is 18.0 Å². The lowest BCUT2D eigenvalue weighted by molar-refractivity contribution is -0.123. The maximum Gasteiger partial charge on any atom is 0.271 e. The predicted octanol–water partition coefficient (Wildman–Crippen LogP) is 2.10. The van der Waals surface area contributed by atoms with E-state index in [1.165, 1.54) is 0 Å². The third-order valence-corrected chi connectivity index (χ3v) is 7.07. The van der Waals surface area contributed by atoms with E-state index in [4.69, 9.17) is 11.6 Å². The number of amides is 2. The first kappa shape index (κ1) is 24.2. The quantitative estimate of drug-likeness (QED) is 0.528. The molecule has 1 atom stereocenters. The van der Waals surface area contributed by atoms with Crippen LogP contribution in [0.5, 0.6) is 0 Å². The molecule has 0 aliphatic carbocycles. The molecular weight excluding hydrogens is 452 g/mol. The number of carbonyl (C=O) groups excluding carboxylic acids is 2. The highest BCUT2D eigenvalue weighted by atomic mass is 35.5. The molecule has 1 aliphatic heterocycles. The summed E-state index contributed by atoms with van der Waals surface area (Å²) in [6.07, 6.45) is 1.73. The summed E-state index contributed by atoms with van der Waals surface area (Å²) in [6, 6.07) is 13.3. The summed E-state index contributed by atoms with van der Waals surface area (Å²) in [5, 5.41) is 0.297. The van der Waals surface area contributed by atoms with Gasteiger partial charge in [-0.2, -0.15) is 0 Å². The van der Waals surface area contributed by atoms with Gasteiger partial charge in [0.05, 0.1) is 22.0 Å². The molecule has 2 amide bonds. The van der Waals surface area contributed by atoms with Crippen molar-refractivity contribution in [3.8, 4) is 0 Å². The van der Waals surface area contributed by atoms with Crippen LogP contribution in [-0.4, -0.2) is 51.3 Å². The van der Waals surface area contributed by atoms with E-state index in [2.05, 4.69) is 15.6 Å². The maximum atomic E-state index is 12.5. The van der Waals surface area contributed by atoms with Crippen molar-refractivity contribution in [2.24, 2.45) is 5.92 Å². The van der Waals surface area contributed by atoms with E-state index < -0.39 is 15.9 Å². The van der Waals surface area contributed by atoms with Gasteiger partial charge in [0.25, 0.3) is 11.8 Å². The number of likely N-dealkylation sites (tertiary alicyclic amines) is 1. The van der Waals surface area contributed by atoms with E-state index in [0.717, 1.165) is 24.9 Å². The number of hydrogen-bond acceptors (Lipinski definition) is 5. The minimum atomic E-state index is -3.57. The lowest BCUT2D eigenvalue weighted by atomic mass is 9.98. The zero-order chi connectivity index (χ0) is 23.1. The monoisotopic (exact) mass is 478 g/mol. The van der Waals surface area contributed by atoms with Crippen LogP contribution < -0.4 is 15.6 Å². The first-order valence-electron chi connectivity index (χ1n) is 10.4. The Kier molecular flexibility index (Phi) is 8.25. The molecule has 0 spiro atoms. The number of nitrogens with one attached hydrogen (secondary N) is 3. The summed E-state index contributed by atoms with van der Waals surface area (Å²) >= 11 is 5.98. The highest BCUT2D eigenvalue weighted by Gasteiger charge is 2.24. The molecule has 172 valence electrons. The molecule has 3 rings (SSSR count). The van der Waals surface area contributed by atoms with Gasteiger partial charge in [0.1, 0.15) is 0 Å². The summed E-state index contributed by atoms with van der Waals surface area (Å²) in [5.74, 6) is -0.758. The fourth-order valence-electron chi connectivity index (χ4n) is 3.57. The van der Waals surface area contributed by atoms with Gasteiger partial charge < -0.3 is 0 Å². The number of carbonyl (C=O) groups is 2. The van der Waals surface area contributed by atoms with Crippen LogP contribution in [0.1, 0.15) is 28.8 Å². The van der Waals surface area contributed by atoms with Gasteiger partial charge in [-0.15, -0.1) is 0 Å². The fourth-order valence-corrected chi connectivity index (χ4v) is 4.91. The summed E-state index contributed by atoms with van der Waals surface area (Å²) in [6.45, 7) is 3.62. The van der Waals surface area contributed by atoms with Crippen LogP contribution in [0.2, 0.25) is 5.02 Å². The van der Waals surface area contributed by atoms with Crippen molar-refractivity contribution in [2.45, 2.75) is 24.7 Å². The Morgan fingerprint density at radius 3 is 2.53 bits per heavy atom. The Balaban J connectivity index is 1.45. The lowest BCUT2D eigenvalue weighted by Gasteiger charge is -2.32. The minimum Gasteiger partial charge on any atom is -0.294 e. The first-order valence-corrected chi connectivity index (χ1v) is 12.2. The van der Waals surface area contributed by atoms with Crippen LogP contribution >= 0.6 is 11.6 Å². The maximum absolute atomic E-state index is 12.5. The first-order chi connectivity index (χ1) is 15.2. The van der Waals surface area contributed by atoms with Crippen molar-refractivity contribution in [3.63, 3.8) is 0 Å². The smallest absolute Gasteiger partial charge is 0.271 e. The van der Waals surface area contributed by atoms with Gasteiger partial charge in [-0.3, -0.25) is 25.3 Å². The number of halogens is 1. The van der Waals surface area contributed by atoms with Gasteiger partial charge in [-0.1, -0.05) is 41.4 Å². The van der Waals surface area contributed by atoms with Crippen LogP contribution in [-0.2, 0) is 14.8 Å². The Morgan fingerprint density at radius 1 is 1.09 bits per heavy atom. The van der Waals surface area contributed by atoms with Gasteiger partial charge in [-0.25, -0.2) is 13.1 Å². The number of rotatable bonds is 7. The highest BCUT2D eigenvalue weighted by Crippen LogP contribution is 2.17. The van der Waals surface area contributed by atoms with E-state index in [1.54, 1.807) is 48.5 Å². The molecule has 3 N–H and O–H groups in total. The molecule has 2 aromatic carbocycles. The van der Waals surface area contributed by atoms with Crippen molar-refractivity contribution >= 4 is 33.4 Å². The lowest BCUT2D eigenvalue weighted by Crippen LogP contribution is -2.49. The van der Waals surface area contributed by atoms with E-state index in [1.807, 2.05) is 11.8 Å². The number of hydrogen-bond donors (Lipinski definition) is 3. The van der Waals surface area contributed by atoms with E-state index in [0.29, 0.717) is 18.1 Å². The van der Waals surface area contributed by atoms with E-state index >= 15 is 0 Å². The average Bonchev–Trinajstić information content (AvgIpc) is 2.77. The van der Waals surface area contributed by atoms with Gasteiger partial charge in [-0.05, 0) is 56.5 Å². The molecule has 1 unspecified atom stereocenters. The molecular formula is C22H27ClN4O4S. The fraction of sp³-hybridized carbons (Fsp3) is 0.364. The van der Waals surface area contributed by atoms with Crippen LogP contribution in [0, 0.1) is 12.8 Å². The van der Waals surface area contributed by atoms with Gasteiger partial charge in [0.15, 0.2) is 0 Å². The van der Waals surface area contributed by atoms with Crippen LogP contribution in [0.15, 0.2) is 53.4 Å². The zero-order valence-electron chi connectivity index (χ0n) is 17.8. The molecule has 0 aromatic heterocycles. The topological polar surface area (TPSA) is 108 Å². The molecule has 0 bridgehead atoms. The SMILES string of the molecule is Cc1ccc(S(=O)(=O)NCC2CCCN(CC(=O)NNC(=O)c3ccccc3Cl)C2)cc1.